The van der Waals surface area contributed by atoms with Crippen molar-refractivity contribution in [1.29, 1.82) is 0 Å². The van der Waals surface area contributed by atoms with Gasteiger partial charge < -0.3 is 14.8 Å². The third-order valence-electron chi connectivity index (χ3n) is 3.30. The van der Waals surface area contributed by atoms with Crippen LogP contribution < -0.4 is 10.1 Å². The Morgan fingerprint density at radius 3 is 3.31 bits per heavy atom. The number of hydrogen-bond acceptors (Lipinski definition) is 3. The molecule has 0 radical (unpaired) electrons. The molecule has 2 aliphatic rings. The van der Waals surface area contributed by atoms with Crippen LogP contribution in [0.25, 0.3) is 0 Å². The van der Waals surface area contributed by atoms with Crippen molar-refractivity contribution in [3.8, 4) is 5.75 Å². The van der Waals surface area contributed by atoms with Gasteiger partial charge in [0.15, 0.2) is 0 Å². The Morgan fingerprint density at radius 2 is 2.44 bits per heavy atom. The van der Waals surface area contributed by atoms with Crippen molar-refractivity contribution in [2.75, 3.05) is 31.7 Å². The molecule has 1 atom stereocenters. The molecular formula is C13H17NO2. The number of nitrogens with one attached hydrogen (secondary N) is 1. The molecule has 0 bridgehead atoms. The molecule has 2 aliphatic heterocycles. The summed E-state index contributed by atoms with van der Waals surface area (Å²) in [6.45, 7) is 3.57. The van der Waals surface area contributed by atoms with Crippen molar-refractivity contribution in [2.24, 2.45) is 5.92 Å². The first-order valence-electron chi connectivity index (χ1n) is 5.99. The summed E-state index contributed by atoms with van der Waals surface area (Å²) in [5.74, 6) is 1.54. The summed E-state index contributed by atoms with van der Waals surface area (Å²) >= 11 is 0. The zero-order chi connectivity index (χ0) is 10.8. The van der Waals surface area contributed by atoms with Gasteiger partial charge in [-0.3, -0.25) is 0 Å². The lowest BCUT2D eigenvalue weighted by Crippen LogP contribution is -2.11. The summed E-state index contributed by atoms with van der Waals surface area (Å²) < 4.78 is 11.1. The zero-order valence-corrected chi connectivity index (χ0v) is 9.37. The highest BCUT2D eigenvalue weighted by Crippen LogP contribution is 2.27. The molecule has 1 N–H and O–H groups in total. The van der Waals surface area contributed by atoms with E-state index < -0.39 is 0 Å². The predicted molar refractivity (Wildman–Crippen MR) is 63.1 cm³/mol. The van der Waals surface area contributed by atoms with Gasteiger partial charge in [0.2, 0.25) is 0 Å². The number of rotatable bonds is 3. The average molecular weight is 219 g/mol. The average Bonchev–Trinajstić information content (AvgIpc) is 2.97. The van der Waals surface area contributed by atoms with Crippen LogP contribution in [0.15, 0.2) is 18.2 Å². The highest BCUT2D eigenvalue weighted by atomic mass is 16.5. The van der Waals surface area contributed by atoms with Gasteiger partial charge in [0.05, 0.1) is 13.2 Å². The smallest absolute Gasteiger partial charge is 0.121 e. The summed E-state index contributed by atoms with van der Waals surface area (Å²) in [4.78, 5) is 0. The molecular weight excluding hydrogens is 202 g/mol. The Bertz CT molecular complexity index is 372. The van der Waals surface area contributed by atoms with E-state index in [0.717, 1.165) is 45.0 Å². The van der Waals surface area contributed by atoms with Crippen molar-refractivity contribution in [1.82, 2.24) is 0 Å². The quantitative estimate of drug-likeness (QED) is 0.844. The third-order valence-corrected chi connectivity index (χ3v) is 3.30. The molecule has 3 heteroatoms. The molecule has 0 aliphatic carbocycles. The van der Waals surface area contributed by atoms with E-state index in [0.29, 0.717) is 5.92 Å². The summed E-state index contributed by atoms with van der Waals surface area (Å²) in [6.07, 6.45) is 2.26. The lowest BCUT2D eigenvalue weighted by molar-refractivity contribution is 0.167. The van der Waals surface area contributed by atoms with Crippen molar-refractivity contribution in [3.05, 3.63) is 23.8 Å². The third kappa shape index (κ3) is 2.00. The van der Waals surface area contributed by atoms with Crippen LogP contribution in [0.1, 0.15) is 12.0 Å². The van der Waals surface area contributed by atoms with E-state index in [2.05, 4.69) is 23.5 Å². The molecule has 86 valence electrons. The molecule has 0 amide bonds. The van der Waals surface area contributed by atoms with Crippen LogP contribution in [-0.4, -0.2) is 26.4 Å². The van der Waals surface area contributed by atoms with Crippen LogP contribution in [0.2, 0.25) is 0 Å². The van der Waals surface area contributed by atoms with Gasteiger partial charge in [-0.1, -0.05) is 6.07 Å². The van der Waals surface area contributed by atoms with E-state index in [1.807, 2.05) is 0 Å². The SMILES string of the molecule is c1cc2c(cc1OCC1CCOC1)NCC2. The summed E-state index contributed by atoms with van der Waals surface area (Å²) in [5, 5.41) is 3.36. The number of benzene rings is 1. The molecule has 1 aromatic carbocycles. The Labute approximate surface area is 95.8 Å². The lowest BCUT2D eigenvalue weighted by Gasteiger charge is -2.11. The van der Waals surface area contributed by atoms with Gasteiger partial charge in [0.1, 0.15) is 5.75 Å². The van der Waals surface area contributed by atoms with Gasteiger partial charge in [-0.25, -0.2) is 0 Å². The van der Waals surface area contributed by atoms with Gasteiger partial charge in [0, 0.05) is 30.8 Å². The number of anilines is 1. The maximum Gasteiger partial charge on any atom is 0.121 e. The van der Waals surface area contributed by atoms with Crippen LogP contribution in [0.3, 0.4) is 0 Å². The topological polar surface area (TPSA) is 30.5 Å². The molecule has 2 heterocycles. The van der Waals surface area contributed by atoms with Crippen LogP contribution in [0, 0.1) is 5.92 Å². The van der Waals surface area contributed by atoms with Gasteiger partial charge in [-0.15, -0.1) is 0 Å². The summed E-state index contributed by atoms with van der Waals surface area (Å²) in [7, 11) is 0. The number of ether oxygens (including phenoxy) is 2. The first-order chi connectivity index (χ1) is 7.92. The fraction of sp³-hybridized carbons (Fsp3) is 0.538. The van der Waals surface area contributed by atoms with E-state index in [4.69, 9.17) is 9.47 Å². The molecule has 1 saturated heterocycles. The fourth-order valence-corrected chi connectivity index (χ4v) is 2.29. The second kappa shape index (κ2) is 4.34. The standard InChI is InChI=1S/C13H17NO2/c1-2-12(7-13-11(1)3-5-14-13)16-9-10-4-6-15-8-10/h1-2,7,10,14H,3-6,8-9H2. The highest BCUT2D eigenvalue weighted by molar-refractivity contribution is 5.58. The second-order valence-corrected chi connectivity index (χ2v) is 4.54. The van der Waals surface area contributed by atoms with E-state index in [9.17, 15) is 0 Å². The van der Waals surface area contributed by atoms with E-state index in [1.54, 1.807) is 0 Å². The normalized spacial score (nSPS) is 22.9. The van der Waals surface area contributed by atoms with E-state index >= 15 is 0 Å². The lowest BCUT2D eigenvalue weighted by atomic mass is 10.1. The molecule has 0 saturated carbocycles. The molecule has 3 nitrogen and oxygen atoms in total. The van der Waals surface area contributed by atoms with Gasteiger partial charge in [-0.05, 0) is 24.5 Å². The Balaban J connectivity index is 1.61. The predicted octanol–water partition coefficient (Wildman–Crippen LogP) is 2.07. The maximum absolute atomic E-state index is 5.80. The van der Waals surface area contributed by atoms with Gasteiger partial charge in [-0.2, -0.15) is 0 Å². The molecule has 1 unspecified atom stereocenters. The van der Waals surface area contributed by atoms with Crippen LogP contribution in [0.4, 0.5) is 5.69 Å². The fourth-order valence-electron chi connectivity index (χ4n) is 2.29. The highest BCUT2D eigenvalue weighted by Gasteiger charge is 2.16. The first kappa shape index (κ1) is 9.97. The first-order valence-corrected chi connectivity index (χ1v) is 5.99. The van der Waals surface area contributed by atoms with Gasteiger partial charge in [0.25, 0.3) is 0 Å². The molecule has 0 aromatic heterocycles. The molecule has 1 fully saturated rings. The van der Waals surface area contributed by atoms with Crippen molar-refractivity contribution < 1.29 is 9.47 Å². The molecule has 0 spiro atoms. The van der Waals surface area contributed by atoms with Crippen molar-refractivity contribution in [3.63, 3.8) is 0 Å². The largest absolute Gasteiger partial charge is 0.493 e. The van der Waals surface area contributed by atoms with Crippen LogP contribution in [-0.2, 0) is 11.2 Å². The van der Waals surface area contributed by atoms with Crippen LogP contribution in [0.5, 0.6) is 5.75 Å². The monoisotopic (exact) mass is 219 g/mol. The van der Waals surface area contributed by atoms with Crippen molar-refractivity contribution in [2.45, 2.75) is 12.8 Å². The van der Waals surface area contributed by atoms with E-state index in [-0.39, 0.29) is 0 Å². The van der Waals surface area contributed by atoms with Crippen molar-refractivity contribution >= 4 is 5.69 Å². The molecule has 16 heavy (non-hydrogen) atoms. The number of hydrogen-bond donors (Lipinski definition) is 1. The minimum atomic E-state index is 0.571. The Morgan fingerprint density at radius 1 is 1.44 bits per heavy atom. The second-order valence-electron chi connectivity index (χ2n) is 4.54. The minimum absolute atomic E-state index is 0.571. The summed E-state index contributed by atoms with van der Waals surface area (Å²) in [6, 6.07) is 6.34. The Kier molecular flexibility index (Phi) is 2.70. The molecule has 1 aromatic rings. The van der Waals surface area contributed by atoms with Crippen LogP contribution >= 0.6 is 0 Å². The molecule has 3 rings (SSSR count). The number of fused-ring (bicyclic) bond motifs is 1. The maximum atomic E-state index is 5.80. The zero-order valence-electron chi connectivity index (χ0n) is 9.37. The van der Waals surface area contributed by atoms with E-state index in [1.165, 1.54) is 11.3 Å². The minimum Gasteiger partial charge on any atom is -0.493 e. The summed E-state index contributed by atoms with van der Waals surface area (Å²) in [5.41, 5.74) is 2.64. The Hall–Kier alpha value is -1.22. The van der Waals surface area contributed by atoms with Gasteiger partial charge >= 0.3 is 0 Å².